The first-order valence-corrected chi connectivity index (χ1v) is 7.21. The molecule has 0 amide bonds. The Hall–Kier alpha value is -2.81. The van der Waals surface area contributed by atoms with Gasteiger partial charge in [-0.1, -0.05) is 54.6 Å². The number of carbonyl (C=O) groups is 1. The van der Waals surface area contributed by atoms with Crippen LogP contribution in [0.5, 0.6) is 0 Å². The third-order valence-electron chi connectivity index (χ3n) is 3.31. The third kappa shape index (κ3) is 2.93. The van der Waals surface area contributed by atoms with Crippen molar-refractivity contribution in [1.29, 1.82) is 0 Å². The van der Waals surface area contributed by atoms with E-state index in [0.717, 1.165) is 21.8 Å². The summed E-state index contributed by atoms with van der Waals surface area (Å²) in [6, 6.07) is 17.7. The van der Waals surface area contributed by atoms with Crippen LogP contribution in [0.25, 0.3) is 22.9 Å². The molecular weight excluding hydrogens is 276 g/mol. The Morgan fingerprint density at radius 1 is 1.00 bits per heavy atom. The fourth-order valence-electron chi connectivity index (χ4n) is 2.35. The number of rotatable bonds is 3. The van der Waals surface area contributed by atoms with Crippen LogP contribution in [0, 0.1) is 0 Å². The van der Waals surface area contributed by atoms with E-state index in [9.17, 15) is 4.79 Å². The SMILES string of the molecule is CCOC(=O)/C=c1\o/c(=C\c2ccccc2)c2ccccc12. The number of hydrogen-bond donors (Lipinski definition) is 0. The number of hydrogen-bond acceptors (Lipinski definition) is 3. The first kappa shape index (κ1) is 14.1. The first-order chi connectivity index (χ1) is 10.8. The van der Waals surface area contributed by atoms with Crippen LogP contribution in [0.15, 0.2) is 59.0 Å². The zero-order valence-corrected chi connectivity index (χ0v) is 12.3. The highest BCUT2D eigenvalue weighted by molar-refractivity contribution is 6.01. The van der Waals surface area contributed by atoms with Gasteiger partial charge >= 0.3 is 5.97 Å². The average Bonchev–Trinajstić information content (AvgIpc) is 2.87. The largest absolute Gasteiger partial charge is 0.463 e. The fraction of sp³-hybridized carbons (Fsp3) is 0.105. The minimum Gasteiger partial charge on any atom is -0.463 e. The highest BCUT2D eigenvalue weighted by Crippen LogP contribution is 2.07. The van der Waals surface area contributed by atoms with E-state index in [4.69, 9.17) is 9.15 Å². The molecule has 3 nitrogen and oxygen atoms in total. The molecular formula is C19H16O3. The van der Waals surface area contributed by atoms with Crippen LogP contribution in [0.4, 0.5) is 0 Å². The summed E-state index contributed by atoms with van der Waals surface area (Å²) < 4.78 is 10.8. The molecule has 3 heteroatoms. The van der Waals surface area contributed by atoms with Gasteiger partial charge in [-0.05, 0) is 18.6 Å². The zero-order chi connectivity index (χ0) is 15.4. The van der Waals surface area contributed by atoms with Gasteiger partial charge in [-0.2, -0.15) is 0 Å². The van der Waals surface area contributed by atoms with Crippen LogP contribution in [-0.4, -0.2) is 12.6 Å². The molecule has 3 rings (SSSR count). The van der Waals surface area contributed by atoms with Crippen molar-refractivity contribution in [3.05, 3.63) is 71.0 Å². The summed E-state index contributed by atoms with van der Waals surface area (Å²) in [5.41, 5.74) is 2.30. The van der Waals surface area contributed by atoms with Gasteiger partial charge in [-0.3, -0.25) is 0 Å². The van der Waals surface area contributed by atoms with E-state index in [2.05, 4.69) is 0 Å². The quantitative estimate of drug-likeness (QED) is 0.697. The lowest BCUT2D eigenvalue weighted by Crippen LogP contribution is -2.07. The second-order valence-electron chi connectivity index (χ2n) is 4.83. The minimum absolute atomic E-state index is 0.344. The smallest absolute Gasteiger partial charge is 0.334 e. The molecule has 1 heterocycles. The topological polar surface area (TPSA) is 39.4 Å². The van der Waals surface area contributed by atoms with Gasteiger partial charge in [-0.25, -0.2) is 4.79 Å². The molecule has 3 aromatic rings. The number of benzene rings is 2. The molecule has 0 spiro atoms. The molecule has 2 aromatic carbocycles. The molecule has 22 heavy (non-hydrogen) atoms. The fourth-order valence-corrected chi connectivity index (χ4v) is 2.35. The zero-order valence-electron chi connectivity index (χ0n) is 12.3. The van der Waals surface area contributed by atoms with E-state index in [1.165, 1.54) is 6.08 Å². The molecule has 0 N–H and O–H groups in total. The van der Waals surface area contributed by atoms with E-state index < -0.39 is 5.97 Å². The number of furan rings is 1. The van der Waals surface area contributed by atoms with Crippen molar-refractivity contribution in [3.63, 3.8) is 0 Å². The van der Waals surface area contributed by atoms with E-state index in [1.807, 2.05) is 60.7 Å². The van der Waals surface area contributed by atoms with Crippen LogP contribution in [0.3, 0.4) is 0 Å². The molecule has 0 aliphatic rings. The lowest BCUT2D eigenvalue weighted by molar-refractivity contribution is -0.135. The monoisotopic (exact) mass is 292 g/mol. The van der Waals surface area contributed by atoms with Gasteiger partial charge in [0.25, 0.3) is 0 Å². The summed E-state index contributed by atoms with van der Waals surface area (Å²) in [6.07, 6.45) is 3.36. The maximum atomic E-state index is 11.7. The summed E-state index contributed by atoms with van der Waals surface area (Å²) in [5, 5.41) is 1.87. The summed E-state index contributed by atoms with van der Waals surface area (Å²) in [5.74, 6) is -0.395. The van der Waals surface area contributed by atoms with Gasteiger partial charge in [0.1, 0.15) is 10.8 Å². The van der Waals surface area contributed by atoms with E-state index in [-0.39, 0.29) is 0 Å². The van der Waals surface area contributed by atoms with Crippen molar-refractivity contribution in [2.45, 2.75) is 6.92 Å². The Morgan fingerprint density at radius 3 is 2.32 bits per heavy atom. The summed E-state index contributed by atoms with van der Waals surface area (Å²) >= 11 is 0. The van der Waals surface area contributed by atoms with Crippen LogP contribution in [0.2, 0.25) is 0 Å². The highest BCUT2D eigenvalue weighted by Gasteiger charge is 2.05. The second-order valence-corrected chi connectivity index (χ2v) is 4.83. The van der Waals surface area contributed by atoms with Crippen molar-refractivity contribution < 1.29 is 13.9 Å². The molecule has 0 saturated heterocycles. The number of carbonyl (C=O) groups excluding carboxylic acids is 1. The van der Waals surface area contributed by atoms with Crippen molar-refractivity contribution in [2.24, 2.45) is 0 Å². The maximum Gasteiger partial charge on any atom is 0.334 e. The maximum absolute atomic E-state index is 11.7. The standard InChI is InChI=1S/C19H16O3/c1-2-21-19(20)13-18-16-11-7-6-10-15(16)17(22-18)12-14-8-4-3-5-9-14/h3-13H,2H2,1H3/b17-12-,18-13-. The van der Waals surface area contributed by atoms with Gasteiger partial charge in [-0.15, -0.1) is 0 Å². The Balaban J connectivity index is 2.21. The minimum atomic E-state index is -0.395. The van der Waals surface area contributed by atoms with Gasteiger partial charge < -0.3 is 9.15 Å². The Labute approximate surface area is 128 Å². The molecule has 0 bridgehead atoms. The van der Waals surface area contributed by atoms with E-state index in [0.29, 0.717) is 12.0 Å². The van der Waals surface area contributed by atoms with Gasteiger partial charge in [0.05, 0.1) is 12.7 Å². The van der Waals surface area contributed by atoms with Crippen LogP contribution in [0.1, 0.15) is 12.5 Å². The van der Waals surface area contributed by atoms with Crippen LogP contribution >= 0.6 is 0 Å². The molecule has 1 aromatic heterocycles. The van der Waals surface area contributed by atoms with Gasteiger partial charge in [0, 0.05) is 10.8 Å². The summed E-state index contributed by atoms with van der Waals surface area (Å²) in [4.78, 5) is 11.7. The first-order valence-electron chi connectivity index (χ1n) is 7.21. The molecule has 0 aliphatic carbocycles. The van der Waals surface area contributed by atoms with Crippen molar-refractivity contribution >= 4 is 28.9 Å². The molecule has 110 valence electrons. The van der Waals surface area contributed by atoms with Gasteiger partial charge in [0.2, 0.25) is 0 Å². The number of fused-ring (bicyclic) bond motifs is 1. The second kappa shape index (κ2) is 6.31. The molecule has 0 aliphatic heterocycles. The highest BCUT2D eigenvalue weighted by atomic mass is 16.5. The predicted molar refractivity (Wildman–Crippen MR) is 86.6 cm³/mol. The number of ether oxygens (including phenoxy) is 1. The van der Waals surface area contributed by atoms with Gasteiger partial charge in [0.15, 0.2) is 0 Å². The molecule has 0 fully saturated rings. The summed E-state index contributed by atoms with van der Waals surface area (Å²) in [7, 11) is 0. The Kier molecular flexibility index (Phi) is 4.05. The number of esters is 1. The Morgan fingerprint density at radius 2 is 1.64 bits per heavy atom. The summed E-state index contributed by atoms with van der Waals surface area (Å²) in [6.45, 7) is 2.12. The lowest BCUT2D eigenvalue weighted by atomic mass is 10.1. The van der Waals surface area contributed by atoms with Crippen LogP contribution < -0.4 is 10.8 Å². The predicted octanol–water partition coefficient (Wildman–Crippen LogP) is 2.61. The normalized spacial score (nSPS) is 12.8. The van der Waals surface area contributed by atoms with Crippen molar-refractivity contribution in [3.8, 4) is 0 Å². The van der Waals surface area contributed by atoms with E-state index in [1.54, 1.807) is 6.92 Å². The average molecular weight is 292 g/mol. The van der Waals surface area contributed by atoms with E-state index >= 15 is 0 Å². The molecule has 0 atom stereocenters. The molecule has 0 radical (unpaired) electrons. The molecule has 0 saturated carbocycles. The van der Waals surface area contributed by atoms with Crippen molar-refractivity contribution in [2.75, 3.05) is 6.61 Å². The molecule has 0 unspecified atom stereocenters. The van der Waals surface area contributed by atoms with Crippen molar-refractivity contribution in [1.82, 2.24) is 0 Å². The lowest BCUT2D eigenvalue weighted by Gasteiger charge is -1.92. The van der Waals surface area contributed by atoms with Crippen LogP contribution in [-0.2, 0) is 9.53 Å². The Bertz CT molecular complexity index is 905. The third-order valence-corrected chi connectivity index (χ3v) is 3.31.